The molecule has 5 N–H and O–H groups in total. The van der Waals surface area contributed by atoms with Crippen LogP contribution in [0.1, 0.15) is 22.6 Å². The molecule has 1 aliphatic rings. The molecule has 1 amide bonds. The second-order valence-corrected chi connectivity index (χ2v) is 3.58. The van der Waals surface area contributed by atoms with Gasteiger partial charge in [0.2, 0.25) is 5.82 Å². The van der Waals surface area contributed by atoms with E-state index in [4.69, 9.17) is 15.6 Å². The van der Waals surface area contributed by atoms with E-state index in [0.717, 1.165) is 0 Å². The van der Waals surface area contributed by atoms with Crippen LogP contribution in [0.3, 0.4) is 0 Å². The maximum Gasteiger partial charge on any atom is 0.315 e. The van der Waals surface area contributed by atoms with Gasteiger partial charge in [-0.3, -0.25) is 4.79 Å². The van der Waals surface area contributed by atoms with E-state index in [1.54, 1.807) is 0 Å². The van der Waals surface area contributed by atoms with Crippen molar-refractivity contribution in [2.75, 3.05) is 6.61 Å². The highest BCUT2D eigenvalue weighted by molar-refractivity contribution is 5.87. The number of carbonyl (C=O) groups is 1. The molecule has 0 spiro atoms. The number of ether oxygens (including phenoxy) is 1. The minimum Gasteiger partial charge on any atom is -0.394 e. The van der Waals surface area contributed by atoms with Crippen molar-refractivity contribution < 1.29 is 29.4 Å². The first kappa shape index (κ1) is 11.9. The molecule has 0 radical (unpaired) electrons. The molecule has 1 aromatic rings. The average Bonchev–Trinajstić information content (AvgIpc) is 2.87. The van der Waals surface area contributed by atoms with E-state index in [1.165, 1.54) is 0 Å². The molecule has 9 heteroatoms. The lowest BCUT2D eigenvalue weighted by Crippen LogP contribution is -2.32. The molecule has 1 saturated heterocycles. The zero-order chi connectivity index (χ0) is 12.6. The first-order chi connectivity index (χ1) is 8.04. The first-order valence-electron chi connectivity index (χ1n) is 4.80. The maximum absolute atomic E-state index is 10.7. The van der Waals surface area contributed by atoms with Crippen molar-refractivity contribution in [1.29, 1.82) is 0 Å². The molecule has 17 heavy (non-hydrogen) atoms. The molecule has 2 rings (SSSR count). The van der Waals surface area contributed by atoms with Crippen LogP contribution in [0.15, 0.2) is 4.52 Å². The Labute approximate surface area is 94.8 Å². The van der Waals surface area contributed by atoms with Crippen molar-refractivity contribution in [2.45, 2.75) is 24.4 Å². The van der Waals surface area contributed by atoms with Gasteiger partial charge in [0.25, 0.3) is 0 Å². The molecule has 9 nitrogen and oxygen atoms in total. The molecule has 0 aliphatic carbocycles. The molecule has 2 heterocycles. The number of nitrogens with zero attached hydrogens (tertiary/aromatic N) is 2. The molecule has 0 unspecified atom stereocenters. The monoisotopic (exact) mass is 245 g/mol. The molecule has 0 bridgehead atoms. The van der Waals surface area contributed by atoms with Crippen molar-refractivity contribution in [3.63, 3.8) is 0 Å². The van der Waals surface area contributed by atoms with Crippen molar-refractivity contribution in [2.24, 2.45) is 5.73 Å². The molecule has 1 aromatic heterocycles. The van der Waals surface area contributed by atoms with Crippen LogP contribution >= 0.6 is 0 Å². The number of carbonyl (C=O) groups excluding carboxylic acids is 1. The number of primary amides is 1. The molecule has 0 saturated carbocycles. The number of nitrogens with two attached hydrogens (primary N) is 1. The van der Waals surface area contributed by atoms with Crippen molar-refractivity contribution in [3.05, 3.63) is 11.7 Å². The SMILES string of the molecule is NC(=O)c1nc([C@@H]2O[C@H](CO)[C@H](O)[C@@H]2O)no1. The van der Waals surface area contributed by atoms with Crippen molar-refractivity contribution in [3.8, 4) is 0 Å². The summed E-state index contributed by atoms with van der Waals surface area (Å²) in [5, 5.41) is 31.4. The van der Waals surface area contributed by atoms with Gasteiger partial charge in [0.05, 0.1) is 6.61 Å². The van der Waals surface area contributed by atoms with E-state index in [2.05, 4.69) is 14.7 Å². The highest BCUT2D eigenvalue weighted by Gasteiger charge is 2.45. The minimum atomic E-state index is -1.31. The Morgan fingerprint density at radius 1 is 1.41 bits per heavy atom. The second kappa shape index (κ2) is 4.37. The summed E-state index contributed by atoms with van der Waals surface area (Å²) in [5.41, 5.74) is 4.91. The van der Waals surface area contributed by atoms with Crippen LogP contribution in [0.25, 0.3) is 0 Å². The Morgan fingerprint density at radius 3 is 2.59 bits per heavy atom. The van der Waals surface area contributed by atoms with Gasteiger partial charge in [-0.05, 0) is 0 Å². The topological polar surface area (TPSA) is 152 Å². The number of rotatable bonds is 3. The summed E-state index contributed by atoms with van der Waals surface area (Å²) in [5.74, 6) is -1.44. The van der Waals surface area contributed by atoms with Crippen LogP contribution in [-0.2, 0) is 4.74 Å². The predicted octanol–water partition coefficient (Wildman–Crippen LogP) is -2.68. The van der Waals surface area contributed by atoms with Crippen LogP contribution in [0.4, 0.5) is 0 Å². The first-order valence-corrected chi connectivity index (χ1v) is 4.80. The fourth-order valence-electron chi connectivity index (χ4n) is 1.56. The van der Waals surface area contributed by atoms with Gasteiger partial charge in [-0.1, -0.05) is 5.16 Å². The third-order valence-electron chi connectivity index (χ3n) is 2.45. The Morgan fingerprint density at radius 2 is 2.12 bits per heavy atom. The minimum absolute atomic E-state index is 0.110. The van der Waals surface area contributed by atoms with Gasteiger partial charge in [-0.15, -0.1) is 0 Å². The highest BCUT2D eigenvalue weighted by Crippen LogP contribution is 2.31. The number of hydrogen-bond acceptors (Lipinski definition) is 8. The van der Waals surface area contributed by atoms with Crippen LogP contribution in [0, 0.1) is 0 Å². The summed E-state index contributed by atoms with van der Waals surface area (Å²) in [7, 11) is 0. The molecule has 1 aliphatic heterocycles. The second-order valence-electron chi connectivity index (χ2n) is 3.58. The number of hydrogen-bond donors (Lipinski definition) is 4. The van der Waals surface area contributed by atoms with Gasteiger partial charge in [0.1, 0.15) is 24.4 Å². The van der Waals surface area contributed by atoms with Gasteiger partial charge < -0.3 is 30.3 Å². The van der Waals surface area contributed by atoms with E-state index >= 15 is 0 Å². The smallest absolute Gasteiger partial charge is 0.315 e. The van der Waals surface area contributed by atoms with Gasteiger partial charge in [0.15, 0.2) is 0 Å². The number of aliphatic hydroxyl groups excluding tert-OH is 3. The number of aromatic nitrogens is 2. The van der Waals surface area contributed by atoms with Crippen molar-refractivity contribution >= 4 is 5.91 Å². The average molecular weight is 245 g/mol. The summed E-state index contributed by atoms with van der Waals surface area (Å²) >= 11 is 0. The fourth-order valence-corrected chi connectivity index (χ4v) is 1.56. The van der Waals surface area contributed by atoms with E-state index in [9.17, 15) is 15.0 Å². The summed E-state index contributed by atoms with van der Waals surface area (Å²) in [4.78, 5) is 14.3. The van der Waals surface area contributed by atoms with Crippen LogP contribution < -0.4 is 5.73 Å². The Balaban J connectivity index is 2.19. The Bertz CT molecular complexity index is 421. The normalized spacial score (nSPS) is 32.9. The molecule has 4 atom stereocenters. The lowest BCUT2D eigenvalue weighted by Gasteiger charge is -2.10. The summed E-state index contributed by atoms with van der Waals surface area (Å²) in [6, 6.07) is 0. The summed E-state index contributed by atoms with van der Waals surface area (Å²) < 4.78 is 9.65. The molecular formula is C8H11N3O6. The van der Waals surface area contributed by atoms with E-state index < -0.39 is 42.8 Å². The third kappa shape index (κ3) is 2.00. The van der Waals surface area contributed by atoms with Gasteiger partial charge in [0, 0.05) is 0 Å². The zero-order valence-electron chi connectivity index (χ0n) is 8.55. The fraction of sp³-hybridized carbons (Fsp3) is 0.625. The quantitative estimate of drug-likeness (QED) is 0.449. The van der Waals surface area contributed by atoms with E-state index in [-0.39, 0.29) is 5.82 Å². The standard InChI is InChI=1S/C8H11N3O6/c9-6(15)8-10-7(11-17-8)5-4(14)3(13)2(1-12)16-5/h2-5,12-14H,1H2,(H2,9,15)/t2-,3+,4+,5-/m1/s1. The summed E-state index contributed by atoms with van der Waals surface area (Å²) in [6.45, 7) is -0.463. The van der Waals surface area contributed by atoms with Crippen LogP contribution in [-0.4, -0.2) is 56.3 Å². The molecule has 94 valence electrons. The van der Waals surface area contributed by atoms with Gasteiger partial charge >= 0.3 is 11.8 Å². The lowest BCUT2D eigenvalue weighted by atomic mass is 10.1. The highest BCUT2D eigenvalue weighted by atomic mass is 16.6. The number of amides is 1. The Hall–Kier alpha value is -1.55. The van der Waals surface area contributed by atoms with E-state index in [1.807, 2.05) is 0 Å². The molecular weight excluding hydrogens is 234 g/mol. The van der Waals surface area contributed by atoms with Crippen LogP contribution in [0.5, 0.6) is 0 Å². The van der Waals surface area contributed by atoms with Crippen molar-refractivity contribution in [1.82, 2.24) is 10.1 Å². The summed E-state index contributed by atoms with van der Waals surface area (Å²) in [6.07, 6.45) is -4.59. The molecule has 0 aromatic carbocycles. The van der Waals surface area contributed by atoms with E-state index in [0.29, 0.717) is 0 Å². The zero-order valence-corrected chi connectivity index (χ0v) is 8.55. The molecule has 1 fully saturated rings. The number of aliphatic hydroxyl groups is 3. The maximum atomic E-state index is 10.7. The van der Waals surface area contributed by atoms with Crippen LogP contribution in [0.2, 0.25) is 0 Å². The lowest BCUT2D eigenvalue weighted by molar-refractivity contribution is -0.0258. The largest absolute Gasteiger partial charge is 0.394 e. The predicted molar refractivity (Wildman–Crippen MR) is 49.5 cm³/mol. The van der Waals surface area contributed by atoms with Gasteiger partial charge in [-0.2, -0.15) is 4.98 Å². The third-order valence-corrected chi connectivity index (χ3v) is 2.45. The Kier molecular flexibility index (Phi) is 3.07. The van der Waals surface area contributed by atoms with Gasteiger partial charge in [-0.25, -0.2) is 0 Å².